The number of rotatable bonds is 3. The Hall–Kier alpha value is -1.48. The maximum absolute atomic E-state index is 11.9. The van der Waals surface area contributed by atoms with Crippen molar-refractivity contribution in [1.29, 1.82) is 0 Å². The molecule has 0 amide bonds. The van der Waals surface area contributed by atoms with Crippen molar-refractivity contribution in [3.05, 3.63) is 47.3 Å². The Kier molecular flexibility index (Phi) is 3.15. The summed E-state index contributed by atoms with van der Waals surface area (Å²) in [6.45, 7) is 1.15. The first-order valence-electron chi connectivity index (χ1n) is 5.06. The molecule has 0 N–H and O–H groups in total. The van der Waals surface area contributed by atoms with Crippen LogP contribution in [0.25, 0.3) is 0 Å². The second-order valence-electron chi connectivity index (χ2n) is 3.88. The lowest BCUT2D eigenvalue weighted by molar-refractivity contribution is 0.0948. The molecule has 0 radical (unpaired) electrons. The normalized spacial score (nSPS) is 14.6. The molecule has 0 bridgehead atoms. The summed E-state index contributed by atoms with van der Waals surface area (Å²) in [5.74, 6) is 0.0856. The molecule has 0 unspecified atom stereocenters. The molecule has 4 heteroatoms. The van der Waals surface area contributed by atoms with E-state index in [1.165, 1.54) is 0 Å². The van der Waals surface area contributed by atoms with Crippen LogP contribution in [0.1, 0.15) is 10.4 Å². The van der Waals surface area contributed by atoms with E-state index in [4.69, 9.17) is 11.6 Å². The minimum Gasteiger partial charge on any atom is -0.362 e. The number of ketones is 1. The third-order valence-electron chi connectivity index (χ3n) is 2.43. The number of halogens is 1. The van der Waals surface area contributed by atoms with Gasteiger partial charge in [-0.2, -0.15) is 0 Å². The molecule has 0 spiro atoms. The number of Topliss-reactive ketones (excluding diaryl/α,β-unsaturated/α-hetero) is 1. The predicted octanol–water partition coefficient (Wildman–Crippen LogP) is 2.20. The van der Waals surface area contributed by atoms with E-state index in [9.17, 15) is 4.79 Å². The maximum atomic E-state index is 11.9. The van der Waals surface area contributed by atoms with Gasteiger partial charge < -0.3 is 9.80 Å². The summed E-state index contributed by atoms with van der Waals surface area (Å²) in [7, 11) is 1.97. The van der Waals surface area contributed by atoms with Crippen LogP contribution in [0.5, 0.6) is 0 Å². The van der Waals surface area contributed by atoms with E-state index in [2.05, 4.69) is 0 Å². The number of hydrogen-bond donors (Lipinski definition) is 0. The zero-order valence-corrected chi connectivity index (χ0v) is 9.81. The molecule has 1 aromatic carbocycles. The summed E-state index contributed by atoms with van der Waals surface area (Å²) in [6, 6.07) is 7.05. The summed E-state index contributed by atoms with van der Waals surface area (Å²) in [5, 5.41) is 0.597. The van der Waals surface area contributed by atoms with Crippen LogP contribution in [0.2, 0.25) is 5.02 Å². The lowest BCUT2D eigenvalue weighted by atomic mass is 10.1. The fourth-order valence-electron chi connectivity index (χ4n) is 1.63. The Balaban J connectivity index is 2.01. The average molecular weight is 237 g/mol. The van der Waals surface area contributed by atoms with Gasteiger partial charge in [0.05, 0.1) is 13.2 Å². The number of nitrogens with zero attached hydrogens (tertiary/aromatic N) is 2. The van der Waals surface area contributed by atoms with Crippen molar-refractivity contribution >= 4 is 17.4 Å². The fraction of sp³-hybridized carbons (Fsp3) is 0.250. The van der Waals surface area contributed by atoms with Crippen molar-refractivity contribution in [2.75, 3.05) is 20.3 Å². The van der Waals surface area contributed by atoms with Crippen LogP contribution in [-0.2, 0) is 0 Å². The molecule has 0 fully saturated rings. The first-order valence-corrected chi connectivity index (χ1v) is 5.44. The van der Waals surface area contributed by atoms with Gasteiger partial charge in [0.1, 0.15) is 0 Å². The van der Waals surface area contributed by atoms with Crippen molar-refractivity contribution in [3.63, 3.8) is 0 Å². The molecule has 0 saturated carbocycles. The Labute approximate surface area is 99.9 Å². The van der Waals surface area contributed by atoms with Crippen molar-refractivity contribution in [1.82, 2.24) is 9.80 Å². The van der Waals surface area contributed by atoms with Crippen LogP contribution in [-0.4, -0.2) is 35.8 Å². The predicted molar refractivity (Wildman–Crippen MR) is 64.3 cm³/mol. The molecule has 1 aliphatic heterocycles. The van der Waals surface area contributed by atoms with Crippen LogP contribution in [0, 0.1) is 0 Å². The molecule has 84 valence electrons. The van der Waals surface area contributed by atoms with E-state index in [0.29, 0.717) is 17.1 Å². The first-order chi connectivity index (χ1) is 7.65. The van der Waals surface area contributed by atoms with Crippen LogP contribution < -0.4 is 0 Å². The zero-order chi connectivity index (χ0) is 11.5. The molecule has 16 heavy (non-hydrogen) atoms. The monoisotopic (exact) mass is 236 g/mol. The molecule has 0 aliphatic carbocycles. The van der Waals surface area contributed by atoms with Crippen LogP contribution in [0.15, 0.2) is 36.7 Å². The Morgan fingerprint density at radius 2 is 2.25 bits per heavy atom. The number of carbonyl (C=O) groups excluding carboxylic acids is 1. The highest BCUT2D eigenvalue weighted by Gasteiger charge is 2.13. The highest BCUT2D eigenvalue weighted by molar-refractivity contribution is 6.31. The van der Waals surface area contributed by atoms with Crippen molar-refractivity contribution < 1.29 is 4.79 Å². The number of hydrogen-bond acceptors (Lipinski definition) is 3. The van der Waals surface area contributed by atoms with Crippen molar-refractivity contribution in [2.45, 2.75) is 0 Å². The molecular weight excluding hydrogens is 224 g/mol. The second kappa shape index (κ2) is 4.58. The maximum Gasteiger partial charge on any atom is 0.182 e. The van der Waals surface area contributed by atoms with Gasteiger partial charge in [-0.3, -0.25) is 4.79 Å². The molecule has 1 heterocycles. The van der Waals surface area contributed by atoms with Crippen molar-refractivity contribution in [3.8, 4) is 0 Å². The topological polar surface area (TPSA) is 23.6 Å². The van der Waals surface area contributed by atoms with Crippen LogP contribution in [0.3, 0.4) is 0 Å². The third-order valence-corrected chi connectivity index (χ3v) is 2.67. The molecule has 0 saturated heterocycles. The SMILES string of the molecule is CN1C=CN(CC(=O)c2cccc(Cl)c2)C1. The largest absolute Gasteiger partial charge is 0.362 e. The number of benzene rings is 1. The van der Waals surface area contributed by atoms with E-state index in [1.807, 2.05) is 29.2 Å². The molecular formula is C12H13ClN2O. The van der Waals surface area contributed by atoms with Crippen molar-refractivity contribution in [2.24, 2.45) is 0 Å². The molecule has 3 nitrogen and oxygen atoms in total. The molecule has 0 aromatic heterocycles. The van der Waals surface area contributed by atoms with Gasteiger partial charge in [-0.15, -0.1) is 0 Å². The number of carbonyl (C=O) groups is 1. The quantitative estimate of drug-likeness (QED) is 0.752. The molecule has 1 aliphatic rings. The summed E-state index contributed by atoms with van der Waals surface area (Å²) in [6.07, 6.45) is 3.87. The lowest BCUT2D eigenvalue weighted by Crippen LogP contribution is -2.27. The van der Waals surface area contributed by atoms with Crippen LogP contribution in [0.4, 0.5) is 0 Å². The van der Waals surface area contributed by atoms with Gasteiger partial charge in [0.15, 0.2) is 5.78 Å². The van der Waals surface area contributed by atoms with Gasteiger partial charge in [-0.25, -0.2) is 0 Å². The van der Waals surface area contributed by atoms with Gasteiger partial charge in [-0.1, -0.05) is 23.7 Å². The summed E-state index contributed by atoms with van der Waals surface area (Å²) < 4.78 is 0. The summed E-state index contributed by atoms with van der Waals surface area (Å²) in [5.41, 5.74) is 0.662. The summed E-state index contributed by atoms with van der Waals surface area (Å²) >= 11 is 5.84. The van der Waals surface area contributed by atoms with Gasteiger partial charge in [0, 0.05) is 30.0 Å². The summed E-state index contributed by atoms with van der Waals surface area (Å²) in [4.78, 5) is 15.9. The highest BCUT2D eigenvalue weighted by atomic mass is 35.5. The van der Waals surface area contributed by atoms with Gasteiger partial charge in [0.2, 0.25) is 0 Å². The van der Waals surface area contributed by atoms with E-state index in [-0.39, 0.29) is 5.78 Å². The van der Waals surface area contributed by atoms with E-state index in [1.54, 1.807) is 24.3 Å². The van der Waals surface area contributed by atoms with E-state index >= 15 is 0 Å². The molecule has 0 atom stereocenters. The van der Waals surface area contributed by atoms with Gasteiger partial charge in [-0.05, 0) is 12.1 Å². The molecule has 2 rings (SSSR count). The Morgan fingerprint density at radius 1 is 1.44 bits per heavy atom. The minimum atomic E-state index is 0.0856. The lowest BCUT2D eigenvalue weighted by Gasteiger charge is -2.17. The van der Waals surface area contributed by atoms with E-state index in [0.717, 1.165) is 6.67 Å². The zero-order valence-electron chi connectivity index (χ0n) is 9.06. The van der Waals surface area contributed by atoms with Crippen LogP contribution >= 0.6 is 11.6 Å². The fourth-order valence-corrected chi connectivity index (χ4v) is 1.82. The standard InChI is InChI=1S/C12H13ClN2O/c1-14-5-6-15(9-14)8-12(16)10-3-2-4-11(13)7-10/h2-7H,8-9H2,1H3. The van der Waals surface area contributed by atoms with E-state index < -0.39 is 0 Å². The Bertz CT molecular complexity index is 431. The smallest absolute Gasteiger partial charge is 0.182 e. The first kappa shape index (κ1) is 11.0. The highest BCUT2D eigenvalue weighted by Crippen LogP contribution is 2.12. The molecule has 1 aromatic rings. The second-order valence-corrected chi connectivity index (χ2v) is 4.31. The van der Waals surface area contributed by atoms with Gasteiger partial charge in [0.25, 0.3) is 0 Å². The minimum absolute atomic E-state index is 0.0856. The Morgan fingerprint density at radius 3 is 2.88 bits per heavy atom. The van der Waals surface area contributed by atoms with Gasteiger partial charge >= 0.3 is 0 Å². The average Bonchev–Trinajstić information content (AvgIpc) is 2.64. The third kappa shape index (κ3) is 2.55.